The fourth-order valence-corrected chi connectivity index (χ4v) is 2.74. The van der Waals surface area contributed by atoms with Crippen LogP contribution in [-0.4, -0.2) is 15.2 Å². The van der Waals surface area contributed by atoms with E-state index in [9.17, 15) is 13.2 Å². The van der Waals surface area contributed by atoms with E-state index in [2.05, 4.69) is 10.4 Å². The Balaban J connectivity index is 2.03. The molecule has 0 saturated carbocycles. The molecule has 2 aromatic rings. The lowest BCUT2D eigenvalue weighted by Gasteiger charge is -2.34. The summed E-state index contributed by atoms with van der Waals surface area (Å²) in [5.74, 6) is -0.227. The molecule has 0 unspecified atom stereocenters. The second-order valence-corrected chi connectivity index (χ2v) is 5.51. The average Bonchev–Trinajstić information content (AvgIpc) is 2.88. The van der Waals surface area contributed by atoms with Gasteiger partial charge in [0.25, 0.3) is 0 Å². The van der Waals surface area contributed by atoms with E-state index in [0.717, 1.165) is 4.68 Å². The van der Waals surface area contributed by atoms with Crippen molar-refractivity contribution in [2.24, 2.45) is 0 Å². The van der Waals surface area contributed by atoms with Crippen LogP contribution in [0.3, 0.4) is 0 Å². The van der Waals surface area contributed by atoms with Crippen LogP contribution in [-0.2, 0) is 0 Å². The quantitative estimate of drug-likeness (QED) is 0.853. The number of anilines is 1. The molecule has 1 aromatic carbocycles. The fourth-order valence-electron chi connectivity index (χ4n) is 2.56. The first-order chi connectivity index (χ1) is 10.4. The number of halogens is 4. The molecule has 0 aliphatic carbocycles. The second kappa shape index (κ2) is 5.21. The first-order valence-electron chi connectivity index (χ1n) is 6.46. The molecule has 0 radical (unpaired) electrons. The highest BCUT2D eigenvalue weighted by molar-refractivity contribution is 6.22. The van der Waals surface area contributed by atoms with Crippen molar-refractivity contribution in [1.29, 1.82) is 5.26 Å². The third kappa shape index (κ3) is 2.50. The summed E-state index contributed by atoms with van der Waals surface area (Å²) in [5.41, 5.74) is 0.779. The molecule has 1 aliphatic heterocycles. The Morgan fingerprint density at radius 2 is 2.05 bits per heavy atom. The van der Waals surface area contributed by atoms with E-state index in [-0.39, 0.29) is 17.8 Å². The van der Waals surface area contributed by atoms with Gasteiger partial charge in [-0.2, -0.15) is 19.1 Å². The van der Waals surface area contributed by atoms with Gasteiger partial charge < -0.3 is 5.32 Å². The van der Waals surface area contributed by atoms with Crippen molar-refractivity contribution in [2.45, 2.75) is 23.9 Å². The summed E-state index contributed by atoms with van der Waals surface area (Å²) in [6.45, 7) is 0. The van der Waals surface area contributed by atoms with Gasteiger partial charge in [-0.05, 0) is 29.3 Å². The summed E-state index contributed by atoms with van der Waals surface area (Å²) < 4.78 is 41.4. The summed E-state index contributed by atoms with van der Waals surface area (Å²) in [5, 5.41) is 12.4. The molecule has 4 nitrogen and oxygen atoms in total. The van der Waals surface area contributed by atoms with Gasteiger partial charge in [0.15, 0.2) is 0 Å². The molecule has 8 heteroatoms. The fraction of sp³-hybridized carbons (Fsp3) is 0.286. The van der Waals surface area contributed by atoms with Crippen molar-refractivity contribution in [3.63, 3.8) is 0 Å². The Bertz CT molecular complexity index is 730. The van der Waals surface area contributed by atoms with Gasteiger partial charge in [0.05, 0.1) is 12.2 Å². The number of hydrogen-bond acceptors (Lipinski definition) is 3. The van der Waals surface area contributed by atoms with E-state index in [4.69, 9.17) is 16.9 Å². The number of nitrogens with zero attached hydrogens (tertiary/aromatic N) is 3. The van der Waals surface area contributed by atoms with Gasteiger partial charge in [0, 0.05) is 6.42 Å². The number of rotatable bonds is 2. The summed E-state index contributed by atoms with van der Waals surface area (Å²) in [6.07, 6.45) is 1.17. The third-order valence-electron chi connectivity index (χ3n) is 3.63. The SMILES string of the molecule is N#Cc1cnn2c1N[C@H](c1ccc(F)cc1)C[C@H]2C(F)(F)Cl. The van der Waals surface area contributed by atoms with Crippen LogP contribution in [0, 0.1) is 17.1 Å². The largest absolute Gasteiger partial charge is 0.362 e. The summed E-state index contributed by atoms with van der Waals surface area (Å²) in [7, 11) is 0. The van der Waals surface area contributed by atoms with Gasteiger partial charge in [-0.3, -0.25) is 0 Å². The van der Waals surface area contributed by atoms with E-state index in [1.807, 2.05) is 6.07 Å². The zero-order valence-corrected chi connectivity index (χ0v) is 11.9. The number of nitrogens with one attached hydrogen (secondary N) is 1. The highest BCUT2D eigenvalue weighted by Gasteiger charge is 2.45. The van der Waals surface area contributed by atoms with Gasteiger partial charge in [-0.1, -0.05) is 12.1 Å². The number of nitriles is 1. The van der Waals surface area contributed by atoms with Gasteiger partial charge in [0.2, 0.25) is 0 Å². The Morgan fingerprint density at radius 1 is 1.36 bits per heavy atom. The van der Waals surface area contributed by atoms with Crippen LogP contribution in [0.4, 0.5) is 19.0 Å². The Hall–Kier alpha value is -2.20. The molecule has 22 heavy (non-hydrogen) atoms. The molecular weight excluding hydrogens is 317 g/mol. The maximum atomic E-state index is 13.7. The number of benzene rings is 1. The van der Waals surface area contributed by atoms with Crippen molar-refractivity contribution in [3.05, 3.63) is 47.4 Å². The van der Waals surface area contributed by atoms with Gasteiger partial charge in [-0.25, -0.2) is 9.07 Å². The average molecular weight is 327 g/mol. The standard InChI is InChI=1S/C14H10ClF3N4/c15-14(17,18)12-5-11(8-1-3-10(16)4-2-8)21-13-9(6-19)7-20-22(12)13/h1-4,7,11-12,21H,5H2/t11-,12-/m0/s1. The molecule has 0 spiro atoms. The zero-order chi connectivity index (χ0) is 15.9. The van der Waals surface area contributed by atoms with Crippen LogP contribution < -0.4 is 5.32 Å². The molecule has 1 aliphatic rings. The maximum absolute atomic E-state index is 13.7. The molecule has 2 heterocycles. The summed E-state index contributed by atoms with van der Waals surface area (Å²) in [4.78, 5) is 0. The number of fused-ring (bicyclic) bond motifs is 1. The number of hydrogen-bond donors (Lipinski definition) is 1. The van der Waals surface area contributed by atoms with Crippen molar-refractivity contribution in [2.75, 3.05) is 5.32 Å². The minimum Gasteiger partial charge on any atom is -0.362 e. The van der Waals surface area contributed by atoms with Crippen molar-refractivity contribution >= 4 is 17.4 Å². The first kappa shape index (κ1) is 14.7. The van der Waals surface area contributed by atoms with Crippen molar-refractivity contribution in [1.82, 2.24) is 9.78 Å². The first-order valence-corrected chi connectivity index (χ1v) is 6.84. The molecule has 0 fully saturated rings. The van der Waals surface area contributed by atoms with Crippen LogP contribution in [0.15, 0.2) is 30.5 Å². The van der Waals surface area contributed by atoms with Crippen LogP contribution in [0.5, 0.6) is 0 Å². The second-order valence-electron chi connectivity index (χ2n) is 5.00. The molecule has 3 rings (SSSR count). The Morgan fingerprint density at radius 3 is 2.64 bits per heavy atom. The van der Waals surface area contributed by atoms with Crippen molar-refractivity contribution in [3.8, 4) is 6.07 Å². The van der Waals surface area contributed by atoms with Crippen LogP contribution in [0.1, 0.15) is 29.6 Å². The molecule has 0 saturated heterocycles. The normalized spacial score (nSPS) is 20.9. The minimum atomic E-state index is -3.52. The third-order valence-corrected chi connectivity index (χ3v) is 3.88. The van der Waals surface area contributed by atoms with Gasteiger partial charge >= 0.3 is 5.38 Å². The molecule has 1 N–H and O–H groups in total. The maximum Gasteiger partial charge on any atom is 0.343 e. The monoisotopic (exact) mass is 326 g/mol. The Labute approximate surface area is 129 Å². The smallest absolute Gasteiger partial charge is 0.343 e. The van der Waals surface area contributed by atoms with Crippen LogP contribution >= 0.6 is 11.6 Å². The highest BCUT2D eigenvalue weighted by atomic mass is 35.5. The van der Waals surface area contributed by atoms with Crippen LogP contribution in [0.25, 0.3) is 0 Å². The molecule has 114 valence electrons. The zero-order valence-electron chi connectivity index (χ0n) is 11.1. The lowest BCUT2D eigenvalue weighted by Crippen LogP contribution is -2.35. The predicted molar refractivity (Wildman–Crippen MR) is 74.2 cm³/mol. The molecule has 1 aromatic heterocycles. The minimum absolute atomic E-state index is 0.0400. The predicted octanol–water partition coefficient (Wildman–Crippen LogP) is 3.82. The van der Waals surface area contributed by atoms with Gasteiger partial charge in [-0.15, -0.1) is 0 Å². The molecule has 0 amide bonds. The number of alkyl halides is 3. The summed E-state index contributed by atoms with van der Waals surface area (Å²) >= 11 is 5.21. The van der Waals surface area contributed by atoms with E-state index in [1.165, 1.54) is 30.5 Å². The highest BCUT2D eigenvalue weighted by Crippen LogP contribution is 2.45. The van der Waals surface area contributed by atoms with E-state index in [1.54, 1.807) is 0 Å². The van der Waals surface area contributed by atoms with E-state index >= 15 is 0 Å². The number of aromatic nitrogens is 2. The van der Waals surface area contributed by atoms with E-state index < -0.39 is 23.3 Å². The van der Waals surface area contributed by atoms with Crippen LogP contribution in [0.2, 0.25) is 0 Å². The lowest BCUT2D eigenvalue weighted by molar-refractivity contribution is 0.0205. The molecule has 0 bridgehead atoms. The topological polar surface area (TPSA) is 53.6 Å². The van der Waals surface area contributed by atoms with Crippen molar-refractivity contribution < 1.29 is 13.2 Å². The Kier molecular flexibility index (Phi) is 3.49. The molecular formula is C14H10ClF3N4. The van der Waals surface area contributed by atoms with E-state index in [0.29, 0.717) is 5.56 Å². The lowest BCUT2D eigenvalue weighted by atomic mass is 9.97. The molecule has 2 atom stereocenters. The van der Waals surface area contributed by atoms with Gasteiger partial charge in [0.1, 0.15) is 29.3 Å². The summed E-state index contributed by atoms with van der Waals surface area (Å²) in [6, 6.07) is 5.49.